The van der Waals surface area contributed by atoms with Gasteiger partial charge in [0.05, 0.1) is 30.6 Å². The van der Waals surface area contributed by atoms with Crippen LogP contribution in [0.1, 0.15) is 29.8 Å². The molecule has 1 amide bonds. The number of hydrogen-bond donors (Lipinski definition) is 1. The molecule has 0 radical (unpaired) electrons. The number of carbonyl (C=O) groups excluding carboxylic acids is 1. The van der Waals surface area contributed by atoms with E-state index in [4.69, 9.17) is 4.74 Å². The van der Waals surface area contributed by atoms with Crippen LogP contribution in [0, 0.1) is 5.92 Å². The number of carbonyl (C=O) groups is 1. The summed E-state index contributed by atoms with van der Waals surface area (Å²) in [7, 11) is 4.16. The van der Waals surface area contributed by atoms with Crippen LogP contribution < -0.4 is 5.32 Å². The number of likely N-dealkylation sites (tertiary alicyclic amines) is 1. The molecular formula is C17H25N5O2. The molecule has 0 unspecified atom stereocenters. The van der Waals surface area contributed by atoms with Gasteiger partial charge >= 0.3 is 0 Å². The molecule has 7 heteroatoms. The zero-order chi connectivity index (χ0) is 16.7. The predicted molar refractivity (Wildman–Crippen MR) is 89.9 cm³/mol. The third-order valence-corrected chi connectivity index (χ3v) is 5.51. The summed E-state index contributed by atoms with van der Waals surface area (Å²) in [5.41, 5.74) is 0.432. The highest BCUT2D eigenvalue weighted by Crippen LogP contribution is 2.42. The Balaban J connectivity index is 1.48. The van der Waals surface area contributed by atoms with E-state index in [1.807, 2.05) is 4.90 Å². The van der Waals surface area contributed by atoms with Crippen molar-refractivity contribution < 1.29 is 9.53 Å². The fourth-order valence-corrected chi connectivity index (χ4v) is 4.27. The SMILES string of the molecule is CN(C)[C@H]1[C@H](Nc2cncc(C(=O)N3CCCC3)n2)[C@@H]2CCO[C@@H]21. The van der Waals surface area contributed by atoms with Crippen molar-refractivity contribution >= 4 is 11.7 Å². The quantitative estimate of drug-likeness (QED) is 0.882. The van der Waals surface area contributed by atoms with E-state index >= 15 is 0 Å². The van der Waals surface area contributed by atoms with E-state index < -0.39 is 0 Å². The molecule has 0 bridgehead atoms. The summed E-state index contributed by atoms with van der Waals surface area (Å²) in [5, 5.41) is 3.50. The van der Waals surface area contributed by atoms with Gasteiger partial charge in [-0.15, -0.1) is 0 Å². The van der Waals surface area contributed by atoms with Crippen LogP contribution >= 0.6 is 0 Å². The van der Waals surface area contributed by atoms with Crippen molar-refractivity contribution in [1.29, 1.82) is 0 Å². The molecule has 4 rings (SSSR count). The first-order chi connectivity index (χ1) is 11.6. The molecule has 1 aliphatic carbocycles. The second-order valence-corrected chi connectivity index (χ2v) is 7.20. The number of nitrogens with zero attached hydrogens (tertiary/aromatic N) is 4. The number of aromatic nitrogens is 2. The fraction of sp³-hybridized carbons (Fsp3) is 0.706. The highest BCUT2D eigenvalue weighted by Gasteiger charge is 2.55. The minimum atomic E-state index is -0.0107. The second kappa shape index (κ2) is 6.29. The van der Waals surface area contributed by atoms with Crippen molar-refractivity contribution in [1.82, 2.24) is 19.8 Å². The molecule has 130 valence electrons. The van der Waals surface area contributed by atoms with Crippen molar-refractivity contribution in [2.75, 3.05) is 39.1 Å². The monoisotopic (exact) mass is 331 g/mol. The molecule has 7 nitrogen and oxygen atoms in total. The van der Waals surface area contributed by atoms with Crippen LogP contribution in [0.2, 0.25) is 0 Å². The van der Waals surface area contributed by atoms with E-state index in [-0.39, 0.29) is 5.91 Å². The third kappa shape index (κ3) is 2.65. The molecule has 4 atom stereocenters. The van der Waals surface area contributed by atoms with E-state index in [0.29, 0.717) is 35.6 Å². The van der Waals surface area contributed by atoms with Gasteiger partial charge < -0.3 is 19.9 Å². The van der Waals surface area contributed by atoms with Crippen LogP contribution in [0.25, 0.3) is 0 Å². The largest absolute Gasteiger partial charge is 0.376 e. The molecule has 2 saturated heterocycles. The smallest absolute Gasteiger partial charge is 0.274 e. The van der Waals surface area contributed by atoms with E-state index in [9.17, 15) is 4.79 Å². The standard InChI is InChI=1S/C17H25N5O2/c1-21(2)15-14(11-5-8-24-16(11)15)20-13-10-18-9-12(19-13)17(23)22-6-3-4-7-22/h9-11,14-16H,3-8H2,1-2H3,(H,19,20)/t11-,14+,15-,16-/m0/s1. The molecule has 3 heterocycles. The number of rotatable bonds is 4. The topological polar surface area (TPSA) is 70.6 Å². The average Bonchev–Trinajstić information content (AvgIpc) is 3.22. The first-order valence-electron chi connectivity index (χ1n) is 8.81. The van der Waals surface area contributed by atoms with Gasteiger partial charge in [-0.1, -0.05) is 0 Å². The molecule has 1 saturated carbocycles. The number of anilines is 1. The lowest BCUT2D eigenvalue weighted by atomic mass is 9.71. The lowest BCUT2D eigenvalue weighted by molar-refractivity contribution is -0.0516. The Bertz CT molecular complexity index is 617. The van der Waals surface area contributed by atoms with Gasteiger partial charge in [0.15, 0.2) is 0 Å². The number of hydrogen-bond acceptors (Lipinski definition) is 6. The molecule has 0 aromatic carbocycles. The Kier molecular flexibility index (Phi) is 4.14. The van der Waals surface area contributed by atoms with Gasteiger partial charge in [0.1, 0.15) is 11.5 Å². The predicted octanol–water partition coefficient (Wildman–Crippen LogP) is 0.842. The summed E-state index contributed by atoms with van der Waals surface area (Å²) in [4.78, 5) is 25.3. The zero-order valence-corrected chi connectivity index (χ0v) is 14.3. The Labute approximate surface area is 142 Å². The lowest BCUT2D eigenvalue weighted by Gasteiger charge is -2.50. The Hall–Kier alpha value is -1.73. The molecule has 1 N–H and O–H groups in total. The molecule has 0 spiro atoms. The number of amides is 1. The fourth-order valence-electron chi connectivity index (χ4n) is 4.27. The average molecular weight is 331 g/mol. The summed E-state index contributed by atoms with van der Waals surface area (Å²) in [5.74, 6) is 1.18. The van der Waals surface area contributed by atoms with Crippen LogP contribution in [0.3, 0.4) is 0 Å². The van der Waals surface area contributed by atoms with E-state index in [0.717, 1.165) is 39.0 Å². The highest BCUT2D eigenvalue weighted by atomic mass is 16.5. The van der Waals surface area contributed by atoms with E-state index in [2.05, 4.69) is 34.3 Å². The van der Waals surface area contributed by atoms with Crippen LogP contribution in [-0.4, -0.2) is 77.7 Å². The molecule has 3 aliphatic rings. The maximum Gasteiger partial charge on any atom is 0.274 e. The van der Waals surface area contributed by atoms with Crippen molar-refractivity contribution in [2.24, 2.45) is 5.92 Å². The minimum Gasteiger partial charge on any atom is -0.376 e. The van der Waals surface area contributed by atoms with Crippen LogP contribution in [0.4, 0.5) is 5.82 Å². The van der Waals surface area contributed by atoms with Crippen molar-refractivity contribution in [3.8, 4) is 0 Å². The summed E-state index contributed by atoms with van der Waals surface area (Å²) < 4.78 is 5.84. The molecule has 1 aromatic rings. The minimum absolute atomic E-state index is 0.0107. The van der Waals surface area contributed by atoms with Crippen LogP contribution in [0.15, 0.2) is 12.4 Å². The van der Waals surface area contributed by atoms with Gasteiger partial charge in [0.2, 0.25) is 0 Å². The number of likely N-dealkylation sites (N-methyl/N-ethyl adjacent to an activating group) is 1. The van der Waals surface area contributed by atoms with Crippen molar-refractivity contribution in [2.45, 2.75) is 37.5 Å². The van der Waals surface area contributed by atoms with E-state index in [1.165, 1.54) is 0 Å². The second-order valence-electron chi connectivity index (χ2n) is 7.20. The number of ether oxygens (including phenoxy) is 1. The molecule has 2 aliphatic heterocycles. The summed E-state index contributed by atoms with van der Waals surface area (Å²) in [6.07, 6.45) is 6.81. The number of nitrogens with one attached hydrogen (secondary N) is 1. The van der Waals surface area contributed by atoms with Gasteiger partial charge in [-0.3, -0.25) is 9.78 Å². The van der Waals surface area contributed by atoms with Gasteiger partial charge in [-0.2, -0.15) is 0 Å². The Morgan fingerprint density at radius 1 is 1.33 bits per heavy atom. The van der Waals surface area contributed by atoms with Gasteiger partial charge in [0.25, 0.3) is 5.91 Å². The first kappa shape index (κ1) is 15.8. The normalized spacial score (nSPS) is 31.9. The summed E-state index contributed by atoms with van der Waals surface area (Å²) in [6, 6.07) is 0.621. The molecule has 24 heavy (non-hydrogen) atoms. The molecule has 3 fully saturated rings. The summed E-state index contributed by atoms with van der Waals surface area (Å²) in [6.45, 7) is 2.48. The van der Waals surface area contributed by atoms with E-state index in [1.54, 1.807) is 12.4 Å². The van der Waals surface area contributed by atoms with Gasteiger partial charge in [0, 0.05) is 25.6 Å². The molecular weight excluding hydrogens is 306 g/mol. The van der Waals surface area contributed by atoms with Crippen molar-refractivity contribution in [3.05, 3.63) is 18.1 Å². The van der Waals surface area contributed by atoms with Crippen LogP contribution in [-0.2, 0) is 4.74 Å². The maximum atomic E-state index is 12.5. The Morgan fingerprint density at radius 3 is 2.88 bits per heavy atom. The van der Waals surface area contributed by atoms with Gasteiger partial charge in [-0.05, 0) is 33.4 Å². The molecule has 1 aromatic heterocycles. The first-order valence-corrected chi connectivity index (χ1v) is 8.81. The van der Waals surface area contributed by atoms with Gasteiger partial charge in [-0.25, -0.2) is 4.98 Å². The van der Waals surface area contributed by atoms with Crippen LogP contribution in [0.5, 0.6) is 0 Å². The Morgan fingerprint density at radius 2 is 2.12 bits per heavy atom. The third-order valence-electron chi connectivity index (χ3n) is 5.51. The lowest BCUT2D eigenvalue weighted by Crippen LogP contribution is -2.66. The highest BCUT2D eigenvalue weighted by molar-refractivity contribution is 5.92. The maximum absolute atomic E-state index is 12.5. The zero-order valence-electron chi connectivity index (χ0n) is 14.3. The summed E-state index contributed by atoms with van der Waals surface area (Å²) >= 11 is 0. The number of fused-ring (bicyclic) bond motifs is 1. The van der Waals surface area contributed by atoms with Crippen molar-refractivity contribution in [3.63, 3.8) is 0 Å².